The standard InChI is InChI=1S/C13H19NO4/c1-3-17-12(15)8-7-11(13(16)18-4-2)14-9-5-6-10-14/h5-6,9-11H,3-4,7-8H2,1-2H3/t11-/m0/s1. The molecule has 1 aromatic rings. The van der Waals surface area contributed by atoms with Crippen LogP contribution in [0.1, 0.15) is 32.7 Å². The average molecular weight is 253 g/mol. The number of hydrogen-bond acceptors (Lipinski definition) is 4. The lowest BCUT2D eigenvalue weighted by molar-refractivity contribution is -0.148. The Labute approximate surface area is 107 Å². The zero-order chi connectivity index (χ0) is 13.4. The van der Waals surface area contributed by atoms with Crippen LogP contribution in [0.5, 0.6) is 0 Å². The van der Waals surface area contributed by atoms with Crippen molar-refractivity contribution in [3.05, 3.63) is 24.5 Å². The van der Waals surface area contributed by atoms with E-state index in [2.05, 4.69) is 0 Å². The Balaban J connectivity index is 2.61. The number of hydrogen-bond donors (Lipinski definition) is 0. The van der Waals surface area contributed by atoms with Crippen LogP contribution in [0.2, 0.25) is 0 Å². The minimum absolute atomic E-state index is 0.204. The predicted molar refractivity (Wildman–Crippen MR) is 66.0 cm³/mol. The van der Waals surface area contributed by atoms with Crippen molar-refractivity contribution in [3.8, 4) is 0 Å². The average Bonchev–Trinajstić information content (AvgIpc) is 2.83. The van der Waals surface area contributed by atoms with Gasteiger partial charge in [-0.15, -0.1) is 0 Å². The molecule has 18 heavy (non-hydrogen) atoms. The van der Waals surface area contributed by atoms with Gasteiger partial charge in [-0.3, -0.25) is 4.79 Å². The minimum Gasteiger partial charge on any atom is -0.466 e. The third kappa shape index (κ3) is 4.24. The lowest BCUT2D eigenvalue weighted by Crippen LogP contribution is -2.22. The molecule has 1 atom stereocenters. The van der Waals surface area contributed by atoms with Crippen molar-refractivity contribution in [1.82, 2.24) is 4.57 Å². The highest BCUT2D eigenvalue weighted by molar-refractivity contribution is 5.76. The van der Waals surface area contributed by atoms with E-state index in [1.807, 2.05) is 12.1 Å². The Hall–Kier alpha value is -1.78. The molecule has 1 aromatic heterocycles. The number of nitrogens with zero attached hydrogens (tertiary/aromatic N) is 1. The highest BCUT2D eigenvalue weighted by atomic mass is 16.5. The molecule has 5 nitrogen and oxygen atoms in total. The highest BCUT2D eigenvalue weighted by Gasteiger charge is 2.22. The van der Waals surface area contributed by atoms with Gasteiger partial charge in [0.2, 0.25) is 0 Å². The number of carbonyl (C=O) groups is 2. The van der Waals surface area contributed by atoms with Gasteiger partial charge >= 0.3 is 11.9 Å². The number of rotatable bonds is 7. The summed E-state index contributed by atoms with van der Waals surface area (Å²) in [4.78, 5) is 23.1. The molecule has 0 unspecified atom stereocenters. The lowest BCUT2D eigenvalue weighted by Gasteiger charge is -2.16. The van der Waals surface area contributed by atoms with Gasteiger partial charge in [0.1, 0.15) is 6.04 Å². The first kappa shape index (κ1) is 14.3. The molecule has 0 amide bonds. The van der Waals surface area contributed by atoms with Crippen LogP contribution in [0.4, 0.5) is 0 Å². The summed E-state index contributed by atoms with van der Waals surface area (Å²) in [6, 6.07) is 3.19. The second-order valence-corrected chi connectivity index (χ2v) is 3.74. The topological polar surface area (TPSA) is 57.5 Å². The molecule has 0 aliphatic rings. The number of aromatic nitrogens is 1. The van der Waals surface area contributed by atoms with Crippen LogP contribution in [0.25, 0.3) is 0 Å². The molecule has 0 N–H and O–H groups in total. The van der Waals surface area contributed by atoms with E-state index in [1.54, 1.807) is 30.8 Å². The fourth-order valence-corrected chi connectivity index (χ4v) is 1.67. The molecule has 1 heterocycles. The monoisotopic (exact) mass is 253 g/mol. The first-order chi connectivity index (χ1) is 8.69. The molecular formula is C13H19NO4. The second-order valence-electron chi connectivity index (χ2n) is 3.74. The summed E-state index contributed by atoms with van der Waals surface area (Å²) in [5.41, 5.74) is 0. The number of esters is 2. The van der Waals surface area contributed by atoms with Gasteiger partial charge in [-0.1, -0.05) is 0 Å². The maximum Gasteiger partial charge on any atom is 0.329 e. The Kier molecular flexibility index (Phi) is 5.97. The normalized spacial score (nSPS) is 11.9. The SMILES string of the molecule is CCOC(=O)CC[C@@H](C(=O)OCC)n1cccc1. The van der Waals surface area contributed by atoms with Crippen LogP contribution in [-0.2, 0) is 19.1 Å². The van der Waals surface area contributed by atoms with Crippen molar-refractivity contribution >= 4 is 11.9 Å². The molecule has 0 aliphatic heterocycles. The molecule has 0 saturated carbocycles. The van der Waals surface area contributed by atoms with Crippen LogP contribution < -0.4 is 0 Å². The molecular weight excluding hydrogens is 234 g/mol. The van der Waals surface area contributed by atoms with E-state index >= 15 is 0 Å². The smallest absolute Gasteiger partial charge is 0.329 e. The van der Waals surface area contributed by atoms with Gasteiger partial charge in [0, 0.05) is 18.8 Å². The van der Waals surface area contributed by atoms with E-state index in [4.69, 9.17) is 9.47 Å². The van der Waals surface area contributed by atoms with Gasteiger partial charge < -0.3 is 14.0 Å². The molecule has 1 rings (SSSR count). The van der Waals surface area contributed by atoms with Crippen LogP contribution in [0.15, 0.2) is 24.5 Å². The summed E-state index contributed by atoms with van der Waals surface area (Å²) in [7, 11) is 0. The van der Waals surface area contributed by atoms with Crippen LogP contribution in [0, 0.1) is 0 Å². The van der Waals surface area contributed by atoms with E-state index < -0.39 is 6.04 Å². The van der Waals surface area contributed by atoms with E-state index in [-0.39, 0.29) is 18.4 Å². The minimum atomic E-state index is -0.468. The first-order valence-corrected chi connectivity index (χ1v) is 6.13. The molecule has 0 aliphatic carbocycles. The van der Waals surface area contributed by atoms with E-state index in [0.717, 1.165) is 0 Å². The van der Waals surface area contributed by atoms with Crippen molar-refractivity contribution in [3.63, 3.8) is 0 Å². The van der Waals surface area contributed by atoms with Crippen molar-refractivity contribution in [1.29, 1.82) is 0 Å². The third-order valence-electron chi connectivity index (χ3n) is 2.47. The summed E-state index contributed by atoms with van der Waals surface area (Å²) in [5.74, 6) is -0.614. The zero-order valence-corrected chi connectivity index (χ0v) is 10.8. The van der Waals surface area contributed by atoms with E-state index in [1.165, 1.54) is 0 Å². The Morgan fingerprint density at radius 2 is 1.72 bits per heavy atom. The number of carbonyl (C=O) groups excluding carboxylic acids is 2. The molecule has 0 spiro atoms. The van der Waals surface area contributed by atoms with Crippen LogP contribution in [-0.4, -0.2) is 29.7 Å². The van der Waals surface area contributed by atoms with Gasteiger partial charge in [-0.2, -0.15) is 0 Å². The summed E-state index contributed by atoms with van der Waals surface area (Å²) in [5, 5.41) is 0. The molecule has 0 fully saturated rings. The molecule has 0 bridgehead atoms. The van der Waals surface area contributed by atoms with Gasteiger partial charge in [-0.25, -0.2) is 4.79 Å². The van der Waals surface area contributed by atoms with Crippen molar-refractivity contribution < 1.29 is 19.1 Å². The quantitative estimate of drug-likeness (QED) is 0.697. The second kappa shape index (κ2) is 7.53. The highest BCUT2D eigenvalue weighted by Crippen LogP contribution is 2.16. The van der Waals surface area contributed by atoms with Crippen molar-refractivity contribution in [2.24, 2.45) is 0 Å². The molecule has 5 heteroatoms. The maximum atomic E-state index is 11.8. The Morgan fingerprint density at radius 3 is 2.28 bits per heavy atom. The van der Waals surface area contributed by atoms with Crippen LogP contribution in [0.3, 0.4) is 0 Å². The first-order valence-electron chi connectivity index (χ1n) is 6.13. The third-order valence-corrected chi connectivity index (χ3v) is 2.47. The molecule has 0 saturated heterocycles. The molecule has 100 valence electrons. The van der Waals surface area contributed by atoms with Gasteiger partial charge in [0.15, 0.2) is 0 Å². The summed E-state index contributed by atoms with van der Waals surface area (Å²) in [6.07, 6.45) is 4.15. The largest absolute Gasteiger partial charge is 0.466 e. The summed E-state index contributed by atoms with van der Waals surface area (Å²) < 4.78 is 11.6. The molecule has 0 radical (unpaired) electrons. The number of ether oxygens (including phenoxy) is 2. The summed E-state index contributed by atoms with van der Waals surface area (Å²) in [6.45, 7) is 4.20. The van der Waals surface area contributed by atoms with Gasteiger partial charge in [-0.05, 0) is 32.4 Å². The van der Waals surface area contributed by atoms with E-state index in [9.17, 15) is 9.59 Å². The maximum absolute atomic E-state index is 11.8. The summed E-state index contributed by atoms with van der Waals surface area (Å²) >= 11 is 0. The van der Waals surface area contributed by atoms with Gasteiger partial charge in [0.05, 0.1) is 13.2 Å². The van der Waals surface area contributed by atoms with Gasteiger partial charge in [0.25, 0.3) is 0 Å². The fourth-order valence-electron chi connectivity index (χ4n) is 1.67. The Bertz CT molecular complexity index is 372. The van der Waals surface area contributed by atoms with Crippen molar-refractivity contribution in [2.75, 3.05) is 13.2 Å². The molecule has 0 aromatic carbocycles. The zero-order valence-electron chi connectivity index (χ0n) is 10.8. The fraction of sp³-hybridized carbons (Fsp3) is 0.538. The Morgan fingerprint density at radius 1 is 1.11 bits per heavy atom. The lowest BCUT2D eigenvalue weighted by atomic mass is 10.1. The van der Waals surface area contributed by atoms with Crippen LogP contribution >= 0.6 is 0 Å². The van der Waals surface area contributed by atoms with E-state index in [0.29, 0.717) is 19.6 Å². The van der Waals surface area contributed by atoms with Crippen molar-refractivity contribution in [2.45, 2.75) is 32.7 Å². The predicted octanol–water partition coefficient (Wildman–Crippen LogP) is 1.94.